The van der Waals surface area contributed by atoms with Crippen molar-refractivity contribution in [1.29, 1.82) is 0 Å². The van der Waals surface area contributed by atoms with E-state index in [2.05, 4.69) is 14.7 Å². The number of amides is 1. The summed E-state index contributed by atoms with van der Waals surface area (Å²) in [5.74, 6) is 0.432. The van der Waals surface area contributed by atoms with Crippen LogP contribution in [0.5, 0.6) is 0 Å². The monoisotopic (exact) mass is 519 g/mol. The summed E-state index contributed by atoms with van der Waals surface area (Å²) >= 11 is 0. The van der Waals surface area contributed by atoms with E-state index in [1.54, 1.807) is 29.2 Å². The number of carbonyl (C=O) groups is 1. The van der Waals surface area contributed by atoms with E-state index in [9.17, 15) is 13.2 Å². The highest BCUT2D eigenvalue weighted by molar-refractivity contribution is 7.89. The Labute approximate surface area is 213 Å². The van der Waals surface area contributed by atoms with Crippen molar-refractivity contribution in [2.75, 3.05) is 18.0 Å². The van der Waals surface area contributed by atoms with E-state index >= 15 is 0 Å². The summed E-state index contributed by atoms with van der Waals surface area (Å²) in [7, 11) is -3.74. The van der Waals surface area contributed by atoms with Gasteiger partial charge in [0.15, 0.2) is 0 Å². The predicted octanol–water partition coefficient (Wildman–Crippen LogP) is 2.47. The molecule has 4 rings (SSSR count). The number of rotatable bonds is 4. The number of likely N-dealkylation sites (tertiary alicyclic amines) is 1. The number of hydrogen-bond donors (Lipinski definition) is 3. The molecule has 0 aromatic heterocycles. The Morgan fingerprint density at radius 1 is 1.08 bits per heavy atom. The summed E-state index contributed by atoms with van der Waals surface area (Å²) in [6, 6.07) is 6.34. The van der Waals surface area contributed by atoms with Gasteiger partial charge in [0.25, 0.3) is 0 Å². The van der Waals surface area contributed by atoms with Gasteiger partial charge in [-0.25, -0.2) is 22.9 Å². The fourth-order valence-electron chi connectivity index (χ4n) is 5.06. The van der Waals surface area contributed by atoms with E-state index in [1.165, 1.54) is 0 Å². The third-order valence-corrected chi connectivity index (χ3v) is 8.26. The number of hydrogen-bond acceptors (Lipinski definition) is 9. The van der Waals surface area contributed by atoms with Gasteiger partial charge in [0.05, 0.1) is 4.90 Å². The van der Waals surface area contributed by atoms with Crippen LogP contribution in [-0.2, 0) is 14.8 Å². The summed E-state index contributed by atoms with van der Waals surface area (Å²) in [6.45, 7) is 6.32. The molecule has 1 saturated carbocycles. The Balaban J connectivity index is 1.42. The minimum Gasteiger partial charge on any atom is -0.444 e. The van der Waals surface area contributed by atoms with Gasteiger partial charge in [-0.2, -0.15) is 4.99 Å². The Hall–Kier alpha value is -2.86. The number of aliphatic imine (C=N–C) groups is 2. The molecule has 1 aliphatic carbocycles. The number of carbonyl (C=O) groups excluding carboxylic acids is 1. The molecule has 1 aromatic rings. The standard InChI is InChI=1S/C24H37N7O4S/c1-23(2,3)35-22(32)30-15-11-17(12-16-30)29-36(33,34)19-9-7-18(8-10-19)31-21(26)27-20(25)28-24(31)13-5-4-6-14-24/h7-10,17,29H,4-6,11-16H2,1-3H3,(H4,25,26,27,28). The number of ether oxygens (including phenoxy) is 1. The van der Waals surface area contributed by atoms with Crippen LogP contribution in [0.15, 0.2) is 39.1 Å². The molecular formula is C24H37N7O4S. The zero-order chi connectivity index (χ0) is 26.1. The zero-order valence-electron chi connectivity index (χ0n) is 21.2. The summed E-state index contributed by atoms with van der Waals surface area (Å²) in [5.41, 5.74) is 11.8. The fraction of sp³-hybridized carbons (Fsp3) is 0.625. The van der Waals surface area contributed by atoms with E-state index in [1.807, 2.05) is 25.7 Å². The van der Waals surface area contributed by atoms with Crippen LogP contribution in [0.3, 0.4) is 0 Å². The predicted molar refractivity (Wildman–Crippen MR) is 139 cm³/mol. The summed E-state index contributed by atoms with van der Waals surface area (Å²) in [5, 5.41) is 0. The summed E-state index contributed by atoms with van der Waals surface area (Å²) < 4.78 is 34.3. The molecule has 2 aliphatic heterocycles. The van der Waals surface area contributed by atoms with Crippen LogP contribution in [-0.4, -0.2) is 61.7 Å². The van der Waals surface area contributed by atoms with Crippen molar-refractivity contribution < 1.29 is 17.9 Å². The van der Waals surface area contributed by atoms with Gasteiger partial charge in [-0.05, 0) is 83.6 Å². The third-order valence-electron chi connectivity index (χ3n) is 6.73. The highest BCUT2D eigenvalue weighted by Gasteiger charge is 2.42. The molecule has 198 valence electrons. The quantitative estimate of drug-likeness (QED) is 0.552. The van der Waals surface area contributed by atoms with Crippen LogP contribution in [0.2, 0.25) is 0 Å². The maximum absolute atomic E-state index is 13.1. The molecule has 36 heavy (non-hydrogen) atoms. The Bertz CT molecular complexity index is 1130. The summed E-state index contributed by atoms with van der Waals surface area (Å²) in [6.07, 6.45) is 5.39. The first-order valence-electron chi connectivity index (χ1n) is 12.5. The van der Waals surface area contributed by atoms with Crippen LogP contribution < -0.4 is 21.1 Å². The van der Waals surface area contributed by atoms with E-state index < -0.39 is 21.3 Å². The number of guanidine groups is 2. The maximum Gasteiger partial charge on any atom is 0.410 e. The second-order valence-corrected chi connectivity index (χ2v) is 12.4. The molecule has 1 amide bonds. The van der Waals surface area contributed by atoms with Gasteiger partial charge in [0.1, 0.15) is 11.3 Å². The van der Waals surface area contributed by atoms with E-state index in [-0.39, 0.29) is 28.9 Å². The number of benzene rings is 1. The number of nitrogens with one attached hydrogen (secondary N) is 1. The molecule has 0 atom stereocenters. The van der Waals surface area contributed by atoms with Gasteiger partial charge in [-0.1, -0.05) is 6.42 Å². The summed E-state index contributed by atoms with van der Waals surface area (Å²) in [4.78, 5) is 24.7. The van der Waals surface area contributed by atoms with Crippen LogP contribution >= 0.6 is 0 Å². The van der Waals surface area contributed by atoms with Crippen LogP contribution in [0.25, 0.3) is 0 Å². The van der Waals surface area contributed by atoms with E-state index in [0.717, 1.165) is 37.8 Å². The van der Waals surface area contributed by atoms with Crippen molar-refractivity contribution in [3.8, 4) is 0 Å². The van der Waals surface area contributed by atoms with Crippen molar-refractivity contribution in [3.05, 3.63) is 24.3 Å². The SMILES string of the molecule is CC(C)(C)OC(=O)N1CCC(NS(=O)(=O)c2ccc(N3C(N)=NC(N)=NC34CCCCC4)cc2)CC1. The van der Waals surface area contributed by atoms with Crippen molar-refractivity contribution in [2.45, 2.75) is 87.9 Å². The minimum absolute atomic E-state index is 0.161. The first kappa shape index (κ1) is 26.2. The lowest BCUT2D eigenvalue weighted by molar-refractivity contribution is 0.0203. The van der Waals surface area contributed by atoms with Crippen LogP contribution in [0.1, 0.15) is 65.7 Å². The van der Waals surface area contributed by atoms with Gasteiger partial charge < -0.3 is 21.1 Å². The van der Waals surface area contributed by atoms with Gasteiger partial charge in [0, 0.05) is 24.8 Å². The average Bonchev–Trinajstić information content (AvgIpc) is 2.78. The molecule has 2 heterocycles. The molecular weight excluding hydrogens is 482 g/mol. The lowest BCUT2D eigenvalue weighted by Crippen LogP contribution is -2.58. The minimum atomic E-state index is -3.74. The molecule has 0 unspecified atom stereocenters. The van der Waals surface area contributed by atoms with Crippen LogP contribution in [0.4, 0.5) is 10.5 Å². The molecule has 11 nitrogen and oxygen atoms in total. The van der Waals surface area contributed by atoms with Gasteiger partial charge in [0.2, 0.25) is 21.9 Å². The van der Waals surface area contributed by atoms with Crippen molar-refractivity contribution in [1.82, 2.24) is 9.62 Å². The lowest BCUT2D eigenvalue weighted by atomic mass is 9.87. The Kier molecular flexibility index (Phi) is 7.20. The van der Waals surface area contributed by atoms with Gasteiger partial charge in [-0.15, -0.1) is 0 Å². The fourth-order valence-corrected chi connectivity index (χ4v) is 6.37. The second-order valence-electron chi connectivity index (χ2n) is 10.7. The van der Waals surface area contributed by atoms with Crippen molar-refractivity contribution in [3.63, 3.8) is 0 Å². The van der Waals surface area contributed by atoms with Crippen LogP contribution in [0, 0.1) is 0 Å². The molecule has 3 aliphatic rings. The molecule has 0 radical (unpaired) electrons. The van der Waals surface area contributed by atoms with Gasteiger partial charge in [-0.3, -0.25) is 4.90 Å². The van der Waals surface area contributed by atoms with E-state index in [4.69, 9.17) is 16.2 Å². The first-order chi connectivity index (χ1) is 16.9. The number of nitrogens with two attached hydrogens (primary N) is 2. The average molecular weight is 520 g/mol. The molecule has 1 aromatic carbocycles. The molecule has 12 heteroatoms. The normalized spacial score (nSPS) is 21.2. The lowest BCUT2D eigenvalue weighted by Gasteiger charge is -2.45. The molecule has 1 spiro atoms. The molecule has 5 N–H and O–H groups in total. The second kappa shape index (κ2) is 9.89. The molecule has 1 saturated heterocycles. The highest BCUT2D eigenvalue weighted by atomic mass is 32.2. The van der Waals surface area contributed by atoms with Crippen molar-refractivity contribution >= 4 is 33.7 Å². The third kappa shape index (κ3) is 5.75. The highest BCUT2D eigenvalue weighted by Crippen LogP contribution is 2.39. The zero-order valence-corrected chi connectivity index (χ0v) is 22.1. The Morgan fingerprint density at radius 2 is 1.69 bits per heavy atom. The number of piperidine rings is 1. The van der Waals surface area contributed by atoms with E-state index in [0.29, 0.717) is 25.9 Å². The Morgan fingerprint density at radius 3 is 2.28 bits per heavy atom. The topological polar surface area (TPSA) is 156 Å². The van der Waals surface area contributed by atoms with Crippen molar-refractivity contribution in [2.24, 2.45) is 21.5 Å². The smallest absolute Gasteiger partial charge is 0.410 e. The number of anilines is 1. The number of nitrogens with zero attached hydrogens (tertiary/aromatic N) is 4. The number of sulfonamides is 1. The first-order valence-corrected chi connectivity index (χ1v) is 14.0. The molecule has 2 fully saturated rings. The largest absolute Gasteiger partial charge is 0.444 e. The van der Waals surface area contributed by atoms with Gasteiger partial charge >= 0.3 is 6.09 Å². The maximum atomic E-state index is 13.1. The molecule has 0 bridgehead atoms.